The summed E-state index contributed by atoms with van der Waals surface area (Å²) in [6, 6.07) is 13.5. The van der Waals surface area contributed by atoms with Gasteiger partial charge in [-0.1, -0.05) is 30.3 Å². The number of anilines is 2. The molecule has 2 aromatic rings. The number of aliphatic hydroxyl groups is 1. The minimum atomic E-state index is -0.450. The molecule has 1 aromatic heterocycles. The normalized spacial score (nSPS) is 16.0. The molecule has 0 spiro atoms. The van der Waals surface area contributed by atoms with E-state index in [0.29, 0.717) is 25.4 Å². The Hall–Kier alpha value is -2.74. The number of amides is 1. The quantitative estimate of drug-likeness (QED) is 0.618. The lowest BCUT2D eigenvalue weighted by Crippen LogP contribution is -2.49. The number of nitrogens with zero attached hydrogens (tertiary/aromatic N) is 3. The van der Waals surface area contributed by atoms with E-state index < -0.39 is 6.10 Å². The Morgan fingerprint density at radius 3 is 2.63 bits per heavy atom. The minimum absolute atomic E-state index is 0.187. The predicted molar refractivity (Wildman–Crippen MR) is 119 cm³/mol. The van der Waals surface area contributed by atoms with Gasteiger partial charge in [0, 0.05) is 45.4 Å². The smallest absolute Gasteiger partial charge is 0.248 e. The third-order valence-electron chi connectivity index (χ3n) is 4.92. The molecule has 1 aromatic carbocycles. The van der Waals surface area contributed by atoms with E-state index in [9.17, 15) is 9.90 Å². The highest BCUT2D eigenvalue weighted by atomic mass is 16.5. The molecule has 30 heavy (non-hydrogen) atoms. The molecule has 0 radical (unpaired) electrons. The number of aliphatic hydroxyl groups excluding tert-OH is 1. The van der Waals surface area contributed by atoms with Gasteiger partial charge in [0.2, 0.25) is 5.91 Å². The molecule has 1 saturated heterocycles. The van der Waals surface area contributed by atoms with Crippen LogP contribution in [0.25, 0.3) is 6.08 Å². The minimum Gasteiger partial charge on any atom is -0.389 e. The Labute approximate surface area is 178 Å². The van der Waals surface area contributed by atoms with Crippen LogP contribution < -0.4 is 10.2 Å². The van der Waals surface area contributed by atoms with Crippen molar-refractivity contribution in [2.75, 3.05) is 56.2 Å². The van der Waals surface area contributed by atoms with E-state index in [4.69, 9.17) is 4.74 Å². The lowest BCUT2D eigenvalue weighted by Gasteiger charge is -2.36. The first kappa shape index (κ1) is 22.0. The summed E-state index contributed by atoms with van der Waals surface area (Å²) in [6.07, 6.45) is 4.53. The average Bonchev–Trinajstić information content (AvgIpc) is 2.78. The highest BCUT2D eigenvalue weighted by molar-refractivity contribution is 6.01. The molecular formula is C23H30N4O3. The maximum atomic E-state index is 12.1. The fourth-order valence-corrected chi connectivity index (χ4v) is 3.33. The predicted octanol–water partition coefficient (Wildman–Crippen LogP) is 2.25. The standard InChI is InChI=1S/C23H30N4O3/c1-2-30-18-21(28)17-26-12-14-27(15-13-26)22-10-9-20(16-24-22)25-23(29)11-8-19-6-4-3-5-7-19/h3-11,16,21,28H,2,12-15,17-18H2,1H3,(H,25,29)/b11-8+/t21-/m1/s1. The first-order valence-electron chi connectivity index (χ1n) is 10.4. The van der Waals surface area contributed by atoms with Gasteiger partial charge in [-0.15, -0.1) is 0 Å². The van der Waals surface area contributed by atoms with E-state index in [2.05, 4.69) is 20.1 Å². The Balaban J connectivity index is 1.44. The van der Waals surface area contributed by atoms with E-state index in [1.54, 1.807) is 12.3 Å². The molecule has 1 aliphatic rings. The number of β-amino-alcohol motifs (C(OH)–C–C–N with tert-alkyl or cyclic N) is 1. The fraction of sp³-hybridized carbons (Fsp3) is 0.391. The van der Waals surface area contributed by atoms with Crippen LogP contribution in [0, 0.1) is 0 Å². The Morgan fingerprint density at radius 2 is 1.97 bits per heavy atom. The maximum absolute atomic E-state index is 12.1. The molecule has 2 N–H and O–H groups in total. The second-order valence-electron chi connectivity index (χ2n) is 7.24. The topological polar surface area (TPSA) is 77.9 Å². The van der Waals surface area contributed by atoms with Crippen LogP contribution in [-0.4, -0.2) is 72.9 Å². The van der Waals surface area contributed by atoms with Crippen LogP contribution in [0.3, 0.4) is 0 Å². The molecule has 3 rings (SSSR count). The molecule has 1 fully saturated rings. The van der Waals surface area contributed by atoms with Crippen molar-refractivity contribution in [1.29, 1.82) is 0 Å². The van der Waals surface area contributed by atoms with Crippen molar-refractivity contribution in [3.05, 3.63) is 60.3 Å². The highest BCUT2D eigenvalue weighted by Gasteiger charge is 2.20. The number of ether oxygens (including phenoxy) is 1. The molecule has 7 nitrogen and oxygen atoms in total. The third kappa shape index (κ3) is 6.95. The molecular weight excluding hydrogens is 380 g/mol. The van der Waals surface area contributed by atoms with Gasteiger partial charge < -0.3 is 20.1 Å². The van der Waals surface area contributed by atoms with Crippen LogP contribution in [-0.2, 0) is 9.53 Å². The van der Waals surface area contributed by atoms with Gasteiger partial charge in [-0.3, -0.25) is 9.69 Å². The molecule has 0 aliphatic carbocycles. The number of pyridine rings is 1. The summed E-state index contributed by atoms with van der Waals surface area (Å²) in [4.78, 5) is 21.0. The number of rotatable bonds is 9. The Kier molecular flexibility index (Phi) is 8.38. The van der Waals surface area contributed by atoms with Crippen LogP contribution in [0.15, 0.2) is 54.7 Å². The van der Waals surface area contributed by atoms with Gasteiger partial charge in [0.25, 0.3) is 0 Å². The zero-order chi connectivity index (χ0) is 21.2. The molecule has 0 unspecified atom stereocenters. The summed E-state index contributed by atoms with van der Waals surface area (Å²) in [5.41, 5.74) is 1.64. The van der Waals surface area contributed by atoms with E-state index in [0.717, 1.165) is 37.6 Å². The Bertz CT molecular complexity index is 803. The van der Waals surface area contributed by atoms with E-state index >= 15 is 0 Å². The fourth-order valence-electron chi connectivity index (χ4n) is 3.33. The molecule has 0 saturated carbocycles. The van der Waals surface area contributed by atoms with Gasteiger partial charge >= 0.3 is 0 Å². The summed E-state index contributed by atoms with van der Waals surface area (Å²) in [6.45, 7) is 6.99. The van der Waals surface area contributed by atoms with Crippen molar-refractivity contribution >= 4 is 23.5 Å². The molecule has 1 atom stereocenters. The van der Waals surface area contributed by atoms with Crippen molar-refractivity contribution in [3.8, 4) is 0 Å². The van der Waals surface area contributed by atoms with Crippen LogP contribution >= 0.6 is 0 Å². The number of nitrogens with one attached hydrogen (secondary N) is 1. The molecule has 7 heteroatoms. The first-order valence-corrected chi connectivity index (χ1v) is 10.4. The van der Waals surface area contributed by atoms with Gasteiger partial charge in [-0.2, -0.15) is 0 Å². The second kappa shape index (κ2) is 11.4. The van der Waals surface area contributed by atoms with E-state index in [-0.39, 0.29) is 5.91 Å². The lowest BCUT2D eigenvalue weighted by atomic mass is 10.2. The van der Waals surface area contributed by atoms with Crippen LogP contribution in [0.4, 0.5) is 11.5 Å². The van der Waals surface area contributed by atoms with Crippen LogP contribution in [0.2, 0.25) is 0 Å². The summed E-state index contributed by atoms with van der Waals surface area (Å²) in [7, 11) is 0. The summed E-state index contributed by atoms with van der Waals surface area (Å²) in [5, 5.41) is 12.8. The second-order valence-corrected chi connectivity index (χ2v) is 7.24. The number of piperazine rings is 1. The summed E-state index contributed by atoms with van der Waals surface area (Å²) in [5.74, 6) is 0.704. The zero-order valence-electron chi connectivity index (χ0n) is 17.4. The van der Waals surface area contributed by atoms with Crippen LogP contribution in [0.5, 0.6) is 0 Å². The van der Waals surface area contributed by atoms with Crippen molar-refractivity contribution in [3.63, 3.8) is 0 Å². The highest BCUT2D eigenvalue weighted by Crippen LogP contribution is 2.16. The van der Waals surface area contributed by atoms with Crippen LogP contribution in [0.1, 0.15) is 12.5 Å². The van der Waals surface area contributed by atoms with Gasteiger partial charge in [-0.25, -0.2) is 4.98 Å². The number of carbonyl (C=O) groups is 1. The number of benzene rings is 1. The monoisotopic (exact) mass is 410 g/mol. The first-order chi connectivity index (χ1) is 14.6. The van der Waals surface area contributed by atoms with E-state index in [1.165, 1.54) is 6.08 Å². The maximum Gasteiger partial charge on any atom is 0.248 e. The zero-order valence-corrected chi connectivity index (χ0v) is 17.4. The lowest BCUT2D eigenvalue weighted by molar-refractivity contribution is -0.111. The van der Waals surface area contributed by atoms with Gasteiger partial charge in [0.05, 0.1) is 24.6 Å². The van der Waals surface area contributed by atoms with Gasteiger partial charge in [0.15, 0.2) is 0 Å². The van der Waals surface area contributed by atoms with Gasteiger partial charge in [-0.05, 0) is 30.7 Å². The molecule has 2 heterocycles. The van der Waals surface area contributed by atoms with E-state index in [1.807, 2.05) is 49.4 Å². The number of carbonyl (C=O) groups excluding carboxylic acids is 1. The number of aromatic nitrogens is 1. The molecule has 1 amide bonds. The van der Waals surface area contributed by atoms with Crippen molar-refractivity contribution in [2.24, 2.45) is 0 Å². The number of hydrogen-bond acceptors (Lipinski definition) is 6. The SMILES string of the molecule is CCOC[C@H](O)CN1CCN(c2ccc(NC(=O)/C=C/c3ccccc3)cn2)CC1. The van der Waals surface area contributed by atoms with Crippen molar-refractivity contribution < 1.29 is 14.6 Å². The largest absolute Gasteiger partial charge is 0.389 e. The number of hydrogen-bond donors (Lipinski definition) is 2. The van der Waals surface area contributed by atoms with Crippen molar-refractivity contribution in [2.45, 2.75) is 13.0 Å². The molecule has 1 aliphatic heterocycles. The van der Waals surface area contributed by atoms with Gasteiger partial charge in [0.1, 0.15) is 5.82 Å². The third-order valence-corrected chi connectivity index (χ3v) is 4.92. The summed E-state index contributed by atoms with van der Waals surface area (Å²) < 4.78 is 5.27. The summed E-state index contributed by atoms with van der Waals surface area (Å²) >= 11 is 0. The molecule has 160 valence electrons. The average molecular weight is 411 g/mol. The Morgan fingerprint density at radius 1 is 1.20 bits per heavy atom. The van der Waals surface area contributed by atoms with Crippen molar-refractivity contribution in [1.82, 2.24) is 9.88 Å². The molecule has 0 bridgehead atoms.